The number of esters is 2. The molecule has 1 aliphatic heterocycles. The van der Waals surface area contributed by atoms with Crippen molar-refractivity contribution < 1.29 is 67.2 Å². The predicted octanol–water partition coefficient (Wildman–Crippen LogP) is 9.03. The molecule has 0 radical (unpaired) electrons. The summed E-state index contributed by atoms with van der Waals surface area (Å²) in [5.41, 5.74) is -5.00. The van der Waals surface area contributed by atoms with Gasteiger partial charge in [-0.15, -0.1) is 46.4 Å². The molecule has 0 saturated carbocycles. The van der Waals surface area contributed by atoms with Gasteiger partial charge in [-0.1, -0.05) is 6.92 Å². The van der Waals surface area contributed by atoms with Crippen LogP contribution in [0.5, 0.6) is 17.2 Å². The maximum Gasteiger partial charge on any atom is 0.410 e. The number of methoxy groups -OCH3 is 3. The summed E-state index contributed by atoms with van der Waals surface area (Å²) in [5, 5.41) is 47.2. The number of nitro groups is 4. The van der Waals surface area contributed by atoms with Crippen LogP contribution >= 0.6 is 46.4 Å². The second-order valence-corrected chi connectivity index (χ2v) is 16.0. The second kappa shape index (κ2) is 25.6. The number of ether oxygens (including phenoxy) is 7. The van der Waals surface area contributed by atoms with E-state index in [-0.39, 0.29) is 35.4 Å². The van der Waals surface area contributed by atoms with Gasteiger partial charge in [0.15, 0.2) is 30.5 Å². The molecule has 4 atom stereocenters. The molecule has 1 aliphatic rings. The van der Waals surface area contributed by atoms with Crippen molar-refractivity contribution in [1.29, 1.82) is 0 Å². The van der Waals surface area contributed by atoms with Gasteiger partial charge < -0.3 is 33.2 Å². The number of hydrogen-bond donors (Lipinski definition) is 0. The molecule has 0 bridgehead atoms. The van der Waals surface area contributed by atoms with E-state index >= 15 is 0 Å². The smallest absolute Gasteiger partial charge is 0.410 e. The standard InChI is InChI=1S/C37H41N5O18.2CH2Cl2/c1-9-26(27-16-28(55-7)19(2)31(56-8)32(27)57-18-54-6)30-33(59-35(44)21-12-24(41(50)51)15-25(13-21)42(52)53)29(17-38(30)36(45)60-37(3,4)5)58-34(43)20-10-22(39(46)47)14-23(11-20)40(48)49;2*2-1-3/h10-16,26,29-30,33H,9,17-18H2,1-8H3;2*1H2/t26-,29-,30+,33-;;/m1../s1. The van der Waals surface area contributed by atoms with E-state index in [9.17, 15) is 54.8 Å². The van der Waals surface area contributed by atoms with Crippen molar-refractivity contribution in [2.45, 2.75) is 70.8 Å². The Labute approximate surface area is 396 Å². The molecule has 3 aromatic carbocycles. The molecule has 0 unspecified atom stereocenters. The molecule has 0 N–H and O–H groups in total. The minimum absolute atomic E-state index is 0.0940. The molecule has 23 nitrogen and oxygen atoms in total. The zero-order valence-electron chi connectivity index (χ0n) is 36.5. The largest absolute Gasteiger partial charge is 0.496 e. The van der Waals surface area contributed by atoms with Crippen LogP contribution in [-0.4, -0.2) is 112 Å². The van der Waals surface area contributed by atoms with Crippen molar-refractivity contribution in [3.63, 3.8) is 0 Å². The van der Waals surface area contributed by atoms with Crippen molar-refractivity contribution in [1.82, 2.24) is 4.90 Å². The van der Waals surface area contributed by atoms with Crippen LogP contribution in [-0.2, 0) is 18.9 Å². The lowest BCUT2D eigenvalue weighted by Gasteiger charge is -2.36. The van der Waals surface area contributed by atoms with E-state index < -0.39 is 108 Å². The van der Waals surface area contributed by atoms with Gasteiger partial charge in [-0.3, -0.25) is 45.4 Å². The van der Waals surface area contributed by atoms with Crippen LogP contribution in [0.1, 0.15) is 71.9 Å². The molecule has 66 heavy (non-hydrogen) atoms. The van der Waals surface area contributed by atoms with Gasteiger partial charge in [0.25, 0.3) is 22.7 Å². The number of nitrogens with zero attached hydrogens (tertiary/aromatic N) is 5. The van der Waals surface area contributed by atoms with Crippen LogP contribution in [0.3, 0.4) is 0 Å². The number of benzene rings is 3. The topological polar surface area (TPSA) is 292 Å². The van der Waals surface area contributed by atoms with Crippen LogP contribution < -0.4 is 14.2 Å². The molecule has 362 valence electrons. The number of carbonyl (C=O) groups excluding carboxylic acids is 3. The van der Waals surface area contributed by atoms with Gasteiger partial charge in [-0.05, 0) is 40.2 Å². The van der Waals surface area contributed by atoms with E-state index in [1.165, 1.54) is 21.3 Å². The van der Waals surface area contributed by atoms with Crippen molar-refractivity contribution in [3.8, 4) is 17.2 Å². The van der Waals surface area contributed by atoms with Gasteiger partial charge >= 0.3 is 18.0 Å². The number of non-ortho nitro benzene ring substituents is 4. The Hall–Kier alpha value is -6.01. The van der Waals surface area contributed by atoms with Crippen LogP contribution in [0.2, 0.25) is 0 Å². The maximum absolute atomic E-state index is 14.2. The van der Waals surface area contributed by atoms with Crippen LogP contribution in [0.25, 0.3) is 0 Å². The number of likely N-dealkylation sites (tertiary alicyclic amines) is 1. The average Bonchev–Trinajstić information content (AvgIpc) is 3.59. The molecule has 0 aliphatic carbocycles. The van der Waals surface area contributed by atoms with Gasteiger partial charge in [-0.25, -0.2) is 14.4 Å². The first kappa shape index (κ1) is 56.1. The van der Waals surface area contributed by atoms with Crippen molar-refractivity contribution in [3.05, 3.63) is 105 Å². The molecular formula is C39H45Cl4N5O18. The highest BCUT2D eigenvalue weighted by Crippen LogP contribution is 2.48. The van der Waals surface area contributed by atoms with Crippen LogP contribution in [0.4, 0.5) is 27.5 Å². The lowest BCUT2D eigenvalue weighted by Crippen LogP contribution is -2.47. The Morgan fingerprint density at radius 3 is 1.53 bits per heavy atom. The summed E-state index contributed by atoms with van der Waals surface area (Å²) in [5.74, 6) is -3.17. The average molecular weight is 1010 g/mol. The first-order valence-corrected chi connectivity index (χ1v) is 21.0. The summed E-state index contributed by atoms with van der Waals surface area (Å²) in [6.07, 6.45) is -4.37. The van der Waals surface area contributed by atoms with Gasteiger partial charge in [0, 0.05) is 48.4 Å². The number of alkyl halides is 4. The van der Waals surface area contributed by atoms with E-state index in [2.05, 4.69) is 0 Å². The Kier molecular flexibility index (Phi) is 21.8. The van der Waals surface area contributed by atoms with Gasteiger partial charge in [0.2, 0.25) is 0 Å². The minimum atomic E-state index is -1.76. The molecule has 1 fully saturated rings. The fraction of sp³-hybridized carbons (Fsp3) is 0.462. The first-order valence-electron chi connectivity index (χ1n) is 18.9. The highest BCUT2D eigenvalue weighted by atomic mass is 35.5. The lowest BCUT2D eigenvalue weighted by atomic mass is 9.84. The van der Waals surface area contributed by atoms with E-state index in [0.29, 0.717) is 29.0 Å². The second-order valence-electron chi connectivity index (χ2n) is 14.4. The Morgan fingerprint density at radius 2 is 1.17 bits per heavy atom. The number of carbonyl (C=O) groups is 3. The Balaban J connectivity index is 0.00000236. The molecular weight excluding hydrogens is 968 g/mol. The normalized spacial score (nSPS) is 15.6. The maximum atomic E-state index is 14.2. The first-order chi connectivity index (χ1) is 31.0. The van der Waals surface area contributed by atoms with Crippen molar-refractivity contribution >= 4 is 87.2 Å². The summed E-state index contributed by atoms with van der Waals surface area (Å²) >= 11 is 19.1. The number of hydrogen-bond acceptors (Lipinski definition) is 18. The zero-order valence-corrected chi connectivity index (χ0v) is 39.5. The van der Waals surface area contributed by atoms with Crippen molar-refractivity contribution in [2.75, 3.05) is 45.3 Å². The summed E-state index contributed by atoms with van der Waals surface area (Å²) in [4.78, 5) is 86.1. The predicted molar refractivity (Wildman–Crippen MR) is 238 cm³/mol. The zero-order chi connectivity index (χ0) is 50.2. The third-order valence-electron chi connectivity index (χ3n) is 9.15. The number of nitro benzene ring substituents is 4. The van der Waals surface area contributed by atoms with Crippen molar-refractivity contribution in [2.24, 2.45) is 0 Å². The van der Waals surface area contributed by atoms with Gasteiger partial charge in [-0.2, -0.15) is 0 Å². The molecule has 0 aromatic heterocycles. The van der Waals surface area contributed by atoms with Gasteiger partial charge in [0.05, 0.1) is 80.4 Å². The monoisotopic (exact) mass is 1010 g/mol. The van der Waals surface area contributed by atoms with Gasteiger partial charge in [0.1, 0.15) is 11.4 Å². The fourth-order valence-electron chi connectivity index (χ4n) is 6.65. The number of amides is 1. The molecule has 1 heterocycles. The Morgan fingerprint density at radius 1 is 0.727 bits per heavy atom. The molecule has 0 spiro atoms. The highest BCUT2D eigenvalue weighted by Gasteiger charge is 2.54. The quantitative estimate of drug-likeness (QED) is 0.0323. The summed E-state index contributed by atoms with van der Waals surface area (Å²) in [7, 11) is 4.12. The van der Waals surface area contributed by atoms with Crippen LogP contribution in [0, 0.1) is 47.4 Å². The van der Waals surface area contributed by atoms with E-state index in [1.54, 1.807) is 40.7 Å². The highest BCUT2D eigenvalue weighted by molar-refractivity contribution is 6.41. The third-order valence-corrected chi connectivity index (χ3v) is 9.15. The van der Waals surface area contributed by atoms with E-state index in [0.717, 1.165) is 29.2 Å². The minimum Gasteiger partial charge on any atom is -0.496 e. The molecule has 1 saturated heterocycles. The number of halogens is 4. The third kappa shape index (κ3) is 14.8. The fourth-order valence-corrected chi connectivity index (χ4v) is 6.65. The molecule has 27 heteroatoms. The van der Waals surface area contributed by atoms with E-state index in [1.807, 2.05) is 0 Å². The summed E-state index contributed by atoms with van der Waals surface area (Å²) in [6.45, 7) is 7.19. The van der Waals surface area contributed by atoms with Crippen LogP contribution in [0.15, 0.2) is 42.5 Å². The molecule has 3 aromatic rings. The summed E-state index contributed by atoms with van der Waals surface area (Å²) in [6, 6.07) is 4.29. The Bertz CT molecular complexity index is 2200. The SMILES string of the molecule is CC[C@H](c1cc(OC)c(C)c(OC)c1OCOC)[C@H]1[C@H](OC(=O)c2cc([N+](=O)[O-])cc([N+](=O)[O-])c2)[C@H](OC(=O)c2cc([N+](=O)[O-])cc([N+](=O)[O-])c2)CN1C(=O)OC(C)(C)C.ClCCl.ClCCl. The number of rotatable bonds is 16. The van der Waals surface area contributed by atoms with E-state index in [4.69, 9.17) is 79.6 Å². The summed E-state index contributed by atoms with van der Waals surface area (Å²) < 4.78 is 40.0. The molecule has 1 amide bonds. The lowest BCUT2D eigenvalue weighted by molar-refractivity contribution is -0.394. The molecule has 4 rings (SSSR count).